The minimum atomic E-state index is -0.374. The number of allylic oxidation sites excluding steroid dienone is 2. The number of nitrogens with two attached hydrogens (primary N) is 2. The van der Waals surface area contributed by atoms with Gasteiger partial charge in [0, 0.05) is 6.54 Å². The van der Waals surface area contributed by atoms with E-state index in [-0.39, 0.29) is 11.9 Å². The van der Waals surface area contributed by atoms with Crippen LogP contribution in [0.5, 0.6) is 0 Å². The molecule has 0 fully saturated rings. The summed E-state index contributed by atoms with van der Waals surface area (Å²) in [4.78, 5) is 11.8. The quantitative estimate of drug-likeness (QED) is 0.175. The summed E-state index contributed by atoms with van der Waals surface area (Å²) in [5, 5.41) is 2.95. The first-order chi connectivity index (χ1) is 13.7. The Morgan fingerprint density at radius 2 is 1.32 bits per heavy atom. The molecule has 4 heteroatoms. The number of hydrogen-bond donors (Lipinski definition) is 3. The summed E-state index contributed by atoms with van der Waals surface area (Å²) in [7, 11) is 0. The third kappa shape index (κ3) is 19.9. The van der Waals surface area contributed by atoms with Gasteiger partial charge in [-0.2, -0.15) is 0 Å². The van der Waals surface area contributed by atoms with Gasteiger partial charge in [-0.15, -0.1) is 0 Å². The molecular weight excluding hydrogens is 346 g/mol. The summed E-state index contributed by atoms with van der Waals surface area (Å²) < 4.78 is 0. The Bertz CT molecular complexity index is 358. The monoisotopic (exact) mass is 395 g/mol. The lowest BCUT2D eigenvalue weighted by Crippen LogP contribution is -2.40. The summed E-state index contributed by atoms with van der Waals surface area (Å²) in [5.41, 5.74) is 11.3. The van der Waals surface area contributed by atoms with E-state index in [1.807, 2.05) is 0 Å². The molecule has 0 saturated heterocycles. The highest BCUT2D eigenvalue weighted by Crippen LogP contribution is 2.09. The molecule has 0 aliphatic rings. The Morgan fingerprint density at radius 1 is 0.786 bits per heavy atom. The lowest BCUT2D eigenvalue weighted by molar-refractivity contribution is -0.122. The van der Waals surface area contributed by atoms with Crippen LogP contribution in [-0.4, -0.2) is 25.0 Å². The number of carbonyl (C=O) groups excluding carboxylic acids is 1. The molecular formula is C24H49N3O. The van der Waals surface area contributed by atoms with Gasteiger partial charge in [0.25, 0.3) is 0 Å². The van der Waals surface area contributed by atoms with Crippen LogP contribution < -0.4 is 16.8 Å². The fourth-order valence-corrected chi connectivity index (χ4v) is 3.35. The average molecular weight is 396 g/mol. The summed E-state index contributed by atoms with van der Waals surface area (Å²) in [6.07, 6.45) is 25.6. The van der Waals surface area contributed by atoms with Gasteiger partial charge in [-0.1, -0.05) is 83.3 Å². The molecule has 5 N–H and O–H groups in total. The normalized spacial score (nSPS) is 12.5. The molecule has 0 heterocycles. The fraction of sp³-hybridized carbons (Fsp3) is 0.875. The first-order valence-corrected chi connectivity index (χ1v) is 12.1. The maximum Gasteiger partial charge on any atom is 0.236 e. The van der Waals surface area contributed by atoms with E-state index in [1.165, 1.54) is 83.5 Å². The highest BCUT2D eigenvalue weighted by molar-refractivity contribution is 5.81. The second kappa shape index (κ2) is 22.4. The third-order valence-electron chi connectivity index (χ3n) is 5.29. The second-order valence-corrected chi connectivity index (χ2v) is 8.12. The van der Waals surface area contributed by atoms with Crippen LogP contribution in [0.1, 0.15) is 116 Å². The van der Waals surface area contributed by atoms with Crippen molar-refractivity contribution in [2.24, 2.45) is 11.5 Å². The van der Waals surface area contributed by atoms with E-state index >= 15 is 0 Å². The van der Waals surface area contributed by atoms with E-state index in [9.17, 15) is 4.79 Å². The molecule has 4 nitrogen and oxygen atoms in total. The maximum atomic E-state index is 11.8. The number of unbranched alkanes of at least 4 members (excludes halogenated alkanes) is 13. The van der Waals surface area contributed by atoms with Crippen molar-refractivity contribution in [3.8, 4) is 0 Å². The molecule has 0 spiro atoms. The molecule has 0 aliphatic carbocycles. The Labute approximate surface area is 175 Å². The lowest BCUT2D eigenvalue weighted by atomic mass is 10.1. The van der Waals surface area contributed by atoms with Crippen LogP contribution in [0.15, 0.2) is 12.2 Å². The van der Waals surface area contributed by atoms with Crippen LogP contribution in [0.25, 0.3) is 0 Å². The zero-order valence-electron chi connectivity index (χ0n) is 18.7. The zero-order chi connectivity index (χ0) is 20.7. The van der Waals surface area contributed by atoms with Crippen LogP contribution in [0.4, 0.5) is 0 Å². The van der Waals surface area contributed by atoms with Crippen molar-refractivity contribution in [2.75, 3.05) is 13.1 Å². The number of carbonyl (C=O) groups is 1. The molecule has 166 valence electrons. The van der Waals surface area contributed by atoms with Gasteiger partial charge in [-0.3, -0.25) is 4.79 Å². The molecule has 0 radical (unpaired) electrons. The first kappa shape index (κ1) is 27.1. The summed E-state index contributed by atoms with van der Waals surface area (Å²) >= 11 is 0. The van der Waals surface area contributed by atoms with Crippen molar-refractivity contribution in [1.82, 2.24) is 5.32 Å². The third-order valence-corrected chi connectivity index (χ3v) is 5.29. The topological polar surface area (TPSA) is 81.1 Å². The summed E-state index contributed by atoms with van der Waals surface area (Å²) in [6, 6.07) is -0.374. The summed E-state index contributed by atoms with van der Waals surface area (Å²) in [5.74, 6) is -0.00947. The van der Waals surface area contributed by atoms with Gasteiger partial charge in [-0.25, -0.2) is 0 Å². The zero-order valence-corrected chi connectivity index (χ0v) is 18.7. The molecule has 0 bridgehead atoms. The van der Waals surface area contributed by atoms with Crippen LogP contribution in [0.3, 0.4) is 0 Å². The standard InChI is InChI=1S/C24H49N3O/c1-2-3-4-5-6-7-8-9-10-11-12-13-14-15-16-19-22-27-24(28)23(26)20-17-18-21-25/h9-10,23H,2-8,11-22,25-26H2,1H3,(H,27,28)/b10-9-/t23-/m0/s1. The van der Waals surface area contributed by atoms with E-state index in [0.717, 1.165) is 32.2 Å². The van der Waals surface area contributed by atoms with E-state index < -0.39 is 0 Å². The molecule has 0 unspecified atom stereocenters. The second-order valence-electron chi connectivity index (χ2n) is 8.12. The van der Waals surface area contributed by atoms with Gasteiger partial charge in [0.05, 0.1) is 6.04 Å². The van der Waals surface area contributed by atoms with E-state index in [1.54, 1.807) is 0 Å². The minimum absolute atomic E-state index is 0.00947. The molecule has 0 aromatic carbocycles. The Balaban J connectivity index is 3.26. The number of amides is 1. The van der Waals surface area contributed by atoms with Gasteiger partial charge in [0.1, 0.15) is 0 Å². The van der Waals surface area contributed by atoms with Gasteiger partial charge in [0.2, 0.25) is 5.91 Å². The van der Waals surface area contributed by atoms with Crippen LogP contribution >= 0.6 is 0 Å². The average Bonchev–Trinajstić information content (AvgIpc) is 2.70. The van der Waals surface area contributed by atoms with Crippen molar-refractivity contribution >= 4 is 5.91 Å². The van der Waals surface area contributed by atoms with Crippen molar-refractivity contribution in [1.29, 1.82) is 0 Å². The predicted molar refractivity (Wildman–Crippen MR) is 123 cm³/mol. The first-order valence-electron chi connectivity index (χ1n) is 12.1. The SMILES string of the molecule is CCCCCCCC/C=C\CCCCCCCCNC(=O)[C@@H](N)CCCCN. The van der Waals surface area contributed by atoms with Crippen molar-refractivity contribution in [3.63, 3.8) is 0 Å². The Morgan fingerprint density at radius 3 is 1.89 bits per heavy atom. The van der Waals surface area contributed by atoms with Crippen molar-refractivity contribution in [3.05, 3.63) is 12.2 Å². The molecule has 0 rings (SSSR count). The highest BCUT2D eigenvalue weighted by atomic mass is 16.2. The van der Waals surface area contributed by atoms with Gasteiger partial charge in [0.15, 0.2) is 0 Å². The molecule has 1 atom stereocenters. The van der Waals surface area contributed by atoms with Gasteiger partial charge >= 0.3 is 0 Å². The Kier molecular flexibility index (Phi) is 21.7. The van der Waals surface area contributed by atoms with Gasteiger partial charge in [-0.05, 0) is 51.5 Å². The van der Waals surface area contributed by atoms with Crippen LogP contribution in [0, 0.1) is 0 Å². The van der Waals surface area contributed by atoms with E-state index in [0.29, 0.717) is 6.54 Å². The van der Waals surface area contributed by atoms with Crippen molar-refractivity contribution in [2.45, 2.75) is 122 Å². The maximum absolute atomic E-state index is 11.8. The van der Waals surface area contributed by atoms with Crippen LogP contribution in [-0.2, 0) is 4.79 Å². The Hall–Kier alpha value is -0.870. The molecule has 1 amide bonds. The van der Waals surface area contributed by atoms with Gasteiger partial charge < -0.3 is 16.8 Å². The number of nitrogens with one attached hydrogen (secondary N) is 1. The van der Waals surface area contributed by atoms with E-state index in [4.69, 9.17) is 11.5 Å². The minimum Gasteiger partial charge on any atom is -0.355 e. The fourth-order valence-electron chi connectivity index (χ4n) is 3.35. The molecule has 28 heavy (non-hydrogen) atoms. The molecule has 0 aliphatic heterocycles. The lowest BCUT2D eigenvalue weighted by Gasteiger charge is -2.11. The summed E-state index contributed by atoms with van der Waals surface area (Å²) in [6.45, 7) is 3.70. The molecule has 0 aromatic rings. The molecule has 0 saturated carbocycles. The highest BCUT2D eigenvalue weighted by Gasteiger charge is 2.11. The largest absolute Gasteiger partial charge is 0.355 e. The van der Waals surface area contributed by atoms with Crippen molar-refractivity contribution < 1.29 is 4.79 Å². The number of rotatable bonds is 21. The molecule has 0 aromatic heterocycles. The predicted octanol–water partition coefficient (Wildman–Crippen LogP) is 5.60. The smallest absolute Gasteiger partial charge is 0.236 e. The van der Waals surface area contributed by atoms with E-state index in [2.05, 4.69) is 24.4 Å². The van der Waals surface area contributed by atoms with Crippen LogP contribution in [0.2, 0.25) is 0 Å². The number of hydrogen-bond acceptors (Lipinski definition) is 3.